The molecule has 2 saturated heterocycles. The summed E-state index contributed by atoms with van der Waals surface area (Å²) in [5.41, 5.74) is 2.78. The maximum Gasteiger partial charge on any atom is 0.410 e. The molecule has 1 aromatic carbocycles. The summed E-state index contributed by atoms with van der Waals surface area (Å²) in [5.74, 6) is 0.469. The molecular formula is C20H27N3O2. The summed E-state index contributed by atoms with van der Waals surface area (Å²) < 4.78 is 5.52. The zero-order chi connectivity index (χ0) is 18.2. The lowest BCUT2D eigenvalue weighted by molar-refractivity contribution is 0.00925. The van der Waals surface area contributed by atoms with Crippen LogP contribution in [0.3, 0.4) is 0 Å². The van der Waals surface area contributed by atoms with Crippen LogP contribution in [0.2, 0.25) is 0 Å². The molecule has 134 valence electrons. The van der Waals surface area contributed by atoms with Crippen LogP contribution in [0.15, 0.2) is 18.2 Å². The molecule has 2 aliphatic rings. The highest BCUT2D eigenvalue weighted by Crippen LogP contribution is 2.35. The average Bonchev–Trinajstić information content (AvgIpc) is 2.95. The van der Waals surface area contributed by atoms with Crippen LogP contribution in [0.1, 0.15) is 49.8 Å². The van der Waals surface area contributed by atoms with Gasteiger partial charge in [-0.25, -0.2) is 4.79 Å². The van der Waals surface area contributed by atoms with Crippen molar-refractivity contribution in [2.24, 2.45) is 0 Å². The van der Waals surface area contributed by atoms with Crippen LogP contribution in [0.5, 0.6) is 0 Å². The predicted octanol–water partition coefficient (Wildman–Crippen LogP) is 3.28. The first-order valence-electron chi connectivity index (χ1n) is 8.99. The fourth-order valence-electron chi connectivity index (χ4n) is 3.96. The summed E-state index contributed by atoms with van der Waals surface area (Å²) in [6.07, 6.45) is 0.844. The van der Waals surface area contributed by atoms with Gasteiger partial charge in [0.15, 0.2) is 0 Å². The molecule has 0 spiro atoms. The number of carbonyl (C=O) groups is 1. The maximum atomic E-state index is 12.3. The molecule has 2 fully saturated rings. The van der Waals surface area contributed by atoms with Gasteiger partial charge in [-0.3, -0.25) is 4.90 Å². The number of hydrogen-bond acceptors (Lipinski definition) is 4. The lowest BCUT2D eigenvalue weighted by atomic mass is 9.91. The Kier molecular flexibility index (Phi) is 4.75. The van der Waals surface area contributed by atoms with E-state index in [2.05, 4.69) is 24.0 Å². The van der Waals surface area contributed by atoms with Crippen LogP contribution in [0, 0.1) is 18.3 Å². The van der Waals surface area contributed by atoms with E-state index in [4.69, 9.17) is 10.00 Å². The molecule has 0 aliphatic carbocycles. The number of fused-ring (bicyclic) bond motifs is 1. The Morgan fingerprint density at radius 3 is 2.68 bits per heavy atom. The minimum Gasteiger partial charge on any atom is -0.444 e. The minimum atomic E-state index is -0.452. The van der Waals surface area contributed by atoms with Crippen molar-refractivity contribution in [1.29, 1.82) is 5.26 Å². The number of ether oxygens (including phenoxy) is 1. The van der Waals surface area contributed by atoms with Crippen LogP contribution >= 0.6 is 0 Å². The van der Waals surface area contributed by atoms with E-state index >= 15 is 0 Å². The molecule has 2 atom stereocenters. The lowest BCUT2D eigenvalue weighted by Gasteiger charge is -2.37. The molecular weight excluding hydrogens is 314 g/mol. The van der Waals surface area contributed by atoms with Gasteiger partial charge in [0, 0.05) is 32.2 Å². The SMILES string of the molecule is Cc1cc(C#N)ccc1C1C[C@H]2CN(C(=O)OC(C)(C)C)CCN2C1. The van der Waals surface area contributed by atoms with Gasteiger partial charge in [0.25, 0.3) is 0 Å². The fourth-order valence-corrected chi connectivity index (χ4v) is 3.96. The van der Waals surface area contributed by atoms with E-state index in [-0.39, 0.29) is 6.09 Å². The van der Waals surface area contributed by atoms with Crippen LogP contribution < -0.4 is 0 Å². The zero-order valence-electron chi connectivity index (χ0n) is 15.6. The van der Waals surface area contributed by atoms with Gasteiger partial charge < -0.3 is 9.64 Å². The van der Waals surface area contributed by atoms with Crippen LogP contribution in [-0.4, -0.2) is 53.7 Å². The summed E-state index contributed by atoms with van der Waals surface area (Å²) >= 11 is 0. The lowest BCUT2D eigenvalue weighted by Crippen LogP contribution is -2.53. The Balaban J connectivity index is 1.66. The highest BCUT2D eigenvalue weighted by atomic mass is 16.6. The standard InChI is InChI=1S/C20H27N3O2/c1-14-9-15(11-21)5-6-18(14)16-10-17-13-23(8-7-22(17)12-16)19(24)25-20(2,3)4/h5-6,9,16-17H,7-8,10,12-13H2,1-4H3/t16?,17-/m0/s1. The van der Waals surface area contributed by atoms with E-state index in [0.717, 1.165) is 32.6 Å². The summed E-state index contributed by atoms with van der Waals surface area (Å²) in [6, 6.07) is 8.57. The second kappa shape index (κ2) is 6.68. The van der Waals surface area contributed by atoms with E-state index in [1.165, 1.54) is 11.1 Å². The number of carbonyl (C=O) groups excluding carboxylic acids is 1. The first kappa shape index (κ1) is 17.8. The zero-order valence-corrected chi connectivity index (χ0v) is 15.6. The molecule has 0 aromatic heterocycles. The van der Waals surface area contributed by atoms with Gasteiger partial charge in [-0.05, 0) is 63.3 Å². The second-order valence-corrected chi connectivity index (χ2v) is 8.19. The predicted molar refractivity (Wildman–Crippen MR) is 96.4 cm³/mol. The Labute approximate surface area is 150 Å². The molecule has 2 heterocycles. The number of nitriles is 1. The number of aryl methyl sites for hydroxylation is 1. The quantitative estimate of drug-likeness (QED) is 0.786. The van der Waals surface area contributed by atoms with E-state index in [9.17, 15) is 4.79 Å². The number of benzene rings is 1. The van der Waals surface area contributed by atoms with Crippen molar-refractivity contribution in [2.75, 3.05) is 26.2 Å². The van der Waals surface area contributed by atoms with Gasteiger partial charge in [-0.1, -0.05) is 6.07 Å². The number of hydrogen-bond donors (Lipinski definition) is 0. The summed E-state index contributed by atoms with van der Waals surface area (Å²) in [7, 11) is 0. The summed E-state index contributed by atoms with van der Waals surface area (Å²) in [5, 5.41) is 9.04. The second-order valence-electron chi connectivity index (χ2n) is 8.19. The summed E-state index contributed by atoms with van der Waals surface area (Å²) in [6.45, 7) is 11.2. The summed E-state index contributed by atoms with van der Waals surface area (Å²) in [4.78, 5) is 16.7. The Hall–Kier alpha value is -2.06. The van der Waals surface area contributed by atoms with Crippen LogP contribution in [-0.2, 0) is 4.74 Å². The molecule has 0 N–H and O–H groups in total. The Morgan fingerprint density at radius 2 is 2.04 bits per heavy atom. The third kappa shape index (κ3) is 3.96. The van der Waals surface area contributed by atoms with Crippen molar-refractivity contribution < 1.29 is 9.53 Å². The van der Waals surface area contributed by atoms with Crippen LogP contribution in [0.25, 0.3) is 0 Å². The minimum absolute atomic E-state index is 0.204. The molecule has 1 amide bonds. The smallest absolute Gasteiger partial charge is 0.410 e. The van der Waals surface area contributed by atoms with Gasteiger partial charge in [0.1, 0.15) is 5.60 Å². The van der Waals surface area contributed by atoms with Crippen molar-refractivity contribution in [3.8, 4) is 6.07 Å². The van der Waals surface area contributed by atoms with Crippen molar-refractivity contribution in [2.45, 2.75) is 51.7 Å². The number of rotatable bonds is 1. The van der Waals surface area contributed by atoms with E-state index in [0.29, 0.717) is 17.5 Å². The third-order valence-electron chi connectivity index (χ3n) is 5.11. The Bertz CT molecular complexity index is 702. The Morgan fingerprint density at radius 1 is 1.28 bits per heavy atom. The molecule has 25 heavy (non-hydrogen) atoms. The molecule has 2 aliphatic heterocycles. The van der Waals surface area contributed by atoms with Crippen molar-refractivity contribution in [3.63, 3.8) is 0 Å². The molecule has 5 nitrogen and oxygen atoms in total. The largest absolute Gasteiger partial charge is 0.444 e. The van der Waals surface area contributed by atoms with Crippen molar-refractivity contribution in [3.05, 3.63) is 34.9 Å². The normalized spacial score (nSPS) is 23.9. The highest BCUT2D eigenvalue weighted by Gasteiger charge is 2.39. The van der Waals surface area contributed by atoms with Crippen molar-refractivity contribution >= 4 is 6.09 Å². The molecule has 0 bridgehead atoms. The topological polar surface area (TPSA) is 56.6 Å². The van der Waals surface area contributed by atoms with Gasteiger partial charge in [0.2, 0.25) is 0 Å². The van der Waals surface area contributed by atoms with Crippen molar-refractivity contribution in [1.82, 2.24) is 9.80 Å². The molecule has 0 radical (unpaired) electrons. The van der Waals surface area contributed by atoms with Gasteiger partial charge in [-0.15, -0.1) is 0 Å². The molecule has 1 aromatic rings. The van der Waals surface area contributed by atoms with Gasteiger partial charge in [0.05, 0.1) is 11.6 Å². The van der Waals surface area contributed by atoms with Gasteiger partial charge in [-0.2, -0.15) is 5.26 Å². The third-order valence-corrected chi connectivity index (χ3v) is 5.11. The molecule has 5 heteroatoms. The average molecular weight is 341 g/mol. The maximum absolute atomic E-state index is 12.3. The van der Waals surface area contributed by atoms with Crippen LogP contribution in [0.4, 0.5) is 4.79 Å². The van der Waals surface area contributed by atoms with E-state index < -0.39 is 5.60 Å². The highest BCUT2D eigenvalue weighted by molar-refractivity contribution is 5.68. The molecule has 1 unspecified atom stereocenters. The molecule has 3 rings (SSSR count). The molecule has 0 saturated carbocycles. The van der Waals surface area contributed by atoms with E-state index in [1.54, 1.807) is 0 Å². The number of amides is 1. The monoisotopic (exact) mass is 341 g/mol. The number of nitrogens with zero attached hydrogens (tertiary/aromatic N) is 3. The van der Waals surface area contributed by atoms with E-state index in [1.807, 2.05) is 37.8 Å². The first-order chi connectivity index (χ1) is 11.8. The van der Waals surface area contributed by atoms with Gasteiger partial charge >= 0.3 is 6.09 Å². The fraction of sp³-hybridized carbons (Fsp3) is 0.600. The number of piperazine rings is 1. The first-order valence-corrected chi connectivity index (χ1v) is 8.99.